The van der Waals surface area contributed by atoms with E-state index in [2.05, 4.69) is 27.1 Å². The summed E-state index contributed by atoms with van der Waals surface area (Å²) in [5.41, 5.74) is 3.30. The van der Waals surface area contributed by atoms with Crippen molar-refractivity contribution in [3.63, 3.8) is 0 Å². The summed E-state index contributed by atoms with van der Waals surface area (Å²) in [5.74, 6) is -2.65. The van der Waals surface area contributed by atoms with Gasteiger partial charge in [0.15, 0.2) is 5.58 Å². The molecule has 8 nitrogen and oxygen atoms in total. The maximum Gasteiger partial charge on any atom is 0.490 e. The van der Waals surface area contributed by atoms with Crippen LogP contribution in [0.5, 0.6) is 5.75 Å². The number of alkyl halides is 3. The van der Waals surface area contributed by atoms with E-state index in [1.54, 1.807) is 6.07 Å². The molecule has 0 amide bonds. The number of likely N-dealkylation sites (tertiary alicyclic amines) is 1. The van der Waals surface area contributed by atoms with Crippen LogP contribution < -0.4 is 5.32 Å². The molecule has 1 atom stereocenters. The first-order chi connectivity index (χ1) is 16.0. The zero-order valence-corrected chi connectivity index (χ0v) is 19.2. The van der Waals surface area contributed by atoms with Gasteiger partial charge in [0.05, 0.1) is 5.69 Å². The highest BCUT2D eigenvalue weighted by molar-refractivity contribution is 6.31. The van der Waals surface area contributed by atoms with Gasteiger partial charge in [0.2, 0.25) is 5.65 Å². The second-order valence-corrected chi connectivity index (χ2v) is 8.27. The first kappa shape index (κ1) is 25.6. The third-order valence-corrected chi connectivity index (χ3v) is 5.53. The largest absolute Gasteiger partial charge is 0.507 e. The van der Waals surface area contributed by atoms with Gasteiger partial charge in [0, 0.05) is 23.2 Å². The van der Waals surface area contributed by atoms with E-state index in [0.29, 0.717) is 39.6 Å². The lowest BCUT2D eigenvalue weighted by atomic mass is 10.0. The molecule has 2 aromatic heterocycles. The molecule has 0 unspecified atom stereocenters. The molecule has 0 saturated carbocycles. The van der Waals surface area contributed by atoms with Crippen molar-refractivity contribution in [2.24, 2.45) is 0 Å². The number of pyridine rings is 1. The number of nitrogens with one attached hydrogen (secondary N) is 1. The van der Waals surface area contributed by atoms with Gasteiger partial charge >= 0.3 is 12.1 Å². The van der Waals surface area contributed by atoms with Gasteiger partial charge in [-0.3, -0.25) is 0 Å². The number of aromatic nitrogens is 2. The summed E-state index contributed by atoms with van der Waals surface area (Å²) < 4.78 is 37.6. The van der Waals surface area contributed by atoms with Crippen LogP contribution in [0.3, 0.4) is 0 Å². The molecule has 1 fully saturated rings. The molecule has 1 saturated heterocycles. The van der Waals surface area contributed by atoms with E-state index in [1.807, 2.05) is 19.1 Å². The molecule has 184 valence electrons. The van der Waals surface area contributed by atoms with Gasteiger partial charge in [-0.1, -0.05) is 18.5 Å². The zero-order chi connectivity index (χ0) is 25.0. The highest BCUT2D eigenvalue weighted by atomic mass is 35.5. The molecule has 12 heteroatoms. The normalized spacial score (nSPS) is 16.7. The third-order valence-electron chi connectivity index (χ3n) is 5.31. The van der Waals surface area contributed by atoms with Crippen LogP contribution >= 0.6 is 11.6 Å². The number of phenolic OH excluding ortho intramolecular Hbond substituents is 1. The van der Waals surface area contributed by atoms with Gasteiger partial charge in [-0.25, -0.2) is 9.78 Å². The average Bonchev–Trinajstić information content (AvgIpc) is 3.14. The summed E-state index contributed by atoms with van der Waals surface area (Å²) in [6, 6.07) is 7.81. The maximum atomic E-state index is 10.6. The number of carbonyl (C=O) groups is 1. The highest BCUT2D eigenvalue weighted by Crippen LogP contribution is 2.35. The molecule has 0 spiro atoms. The molecular weight excluding hydrogens is 477 g/mol. The predicted molar refractivity (Wildman–Crippen MR) is 121 cm³/mol. The van der Waals surface area contributed by atoms with Crippen molar-refractivity contribution >= 4 is 34.8 Å². The first-order valence-corrected chi connectivity index (χ1v) is 10.9. The number of carboxylic acid groups (broad SMARTS) is 1. The Morgan fingerprint density at radius 3 is 2.65 bits per heavy atom. The van der Waals surface area contributed by atoms with Crippen molar-refractivity contribution in [3.05, 3.63) is 34.9 Å². The van der Waals surface area contributed by atoms with Crippen LogP contribution in [0.1, 0.15) is 25.3 Å². The lowest BCUT2D eigenvalue weighted by Crippen LogP contribution is -2.41. The van der Waals surface area contributed by atoms with Gasteiger partial charge in [-0.15, -0.1) is 0 Å². The fraction of sp³-hybridized carbons (Fsp3) is 0.409. The number of piperidine rings is 1. The van der Waals surface area contributed by atoms with Crippen LogP contribution in [0.15, 0.2) is 28.7 Å². The number of aromatic hydroxyl groups is 1. The van der Waals surface area contributed by atoms with E-state index in [9.17, 15) is 18.3 Å². The lowest BCUT2D eigenvalue weighted by Gasteiger charge is -2.31. The molecule has 4 rings (SSSR count). The SMILES string of the molecule is CCN1CCC[C@H](Nc2nc3nc(-c4c(C)cc(Cl)cc4O)ccc3o2)C1.O=C(O)C(F)(F)F. The number of likely N-dealkylation sites (N-methyl/N-ethyl adjacent to an activating group) is 1. The molecule has 1 aliphatic rings. The first-order valence-electron chi connectivity index (χ1n) is 10.5. The molecule has 1 aliphatic heterocycles. The Balaban J connectivity index is 0.000000406. The smallest absolute Gasteiger partial charge is 0.490 e. The van der Waals surface area contributed by atoms with E-state index in [4.69, 9.17) is 25.9 Å². The Bertz CT molecular complexity index is 1150. The number of hydrogen-bond acceptors (Lipinski definition) is 7. The van der Waals surface area contributed by atoms with Crippen LogP contribution in [-0.4, -0.2) is 62.9 Å². The van der Waals surface area contributed by atoms with E-state index in [1.165, 1.54) is 12.5 Å². The number of hydrogen-bond donors (Lipinski definition) is 3. The summed E-state index contributed by atoms with van der Waals surface area (Å²) in [5, 5.41) is 21.3. The standard InChI is InChI=1S/C20H23ClN4O2.C2HF3O2/c1-3-25-8-4-5-14(11-25)22-20-24-19-17(27-20)7-6-15(23-19)18-12(2)9-13(21)10-16(18)26;3-2(4,5)1(6)7/h6-7,9-10,14,26H,3-5,8,11H2,1-2H3,(H,22,23,24);(H,6,7)/t14-;/m0./s1. The minimum absolute atomic E-state index is 0.107. The molecule has 0 bridgehead atoms. The monoisotopic (exact) mass is 500 g/mol. The van der Waals surface area contributed by atoms with Crippen molar-refractivity contribution in [1.29, 1.82) is 0 Å². The number of anilines is 1. The summed E-state index contributed by atoms with van der Waals surface area (Å²) in [4.78, 5) is 20.4. The average molecular weight is 501 g/mol. The molecule has 3 N–H and O–H groups in total. The number of nitrogens with zero attached hydrogens (tertiary/aromatic N) is 3. The fourth-order valence-corrected chi connectivity index (χ4v) is 3.98. The number of phenols is 1. The predicted octanol–water partition coefficient (Wildman–Crippen LogP) is 5.09. The second-order valence-electron chi connectivity index (χ2n) is 7.83. The zero-order valence-electron chi connectivity index (χ0n) is 18.5. The van der Waals surface area contributed by atoms with Crippen molar-refractivity contribution < 1.29 is 32.6 Å². The van der Waals surface area contributed by atoms with Gasteiger partial charge in [-0.2, -0.15) is 18.2 Å². The summed E-state index contributed by atoms with van der Waals surface area (Å²) in [6.07, 6.45) is -2.81. The van der Waals surface area contributed by atoms with Crippen molar-refractivity contribution in [1.82, 2.24) is 14.9 Å². The number of aliphatic carboxylic acids is 1. The number of aryl methyl sites for hydroxylation is 1. The van der Waals surface area contributed by atoms with Gasteiger partial charge in [0.25, 0.3) is 6.01 Å². The fourth-order valence-electron chi connectivity index (χ4n) is 3.71. The maximum absolute atomic E-state index is 10.6. The third kappa shape index (κ3) is 6.29. The van der Waals surface area contributed by atoms with Crippen LogP contribution in [-0.2, 0) is 4.79 Å². The van der Waals surface area contributed by atoms with Crippen molar-refractivity contribution in [3.8, 4) is 17.0 Å². The van der Waals surface area contributed by atoms with E-state index in [0.717, 1.165) is 31.6 Å². The number of halogens is 4. The number of rotatable bonds is 4. The van der Waals surface area contributed by atoms with Crippen LogP contribution in [0.4, 0.5) is 19.2 Å². The molecule has 0 aliphatic carbocycles. The van der Waals surface area contributed by atoms with Gasteiger partial charge in [-0.05, 0) is 62.7 Å². The van der Waals surface area contributed by atoms with Crippen molar-refractivity contribution in [2.75, 3.05) is 25.0 Å². The number of oxazole rings is 1. The summed E-state index contributed by atoms with van der Waals surface area (Å²) in [6.45, 7) is 7.27. The highest BCUT2D eigenvalue weighted by Gasteiger charge is 2.38. The molecule has 3 aromatic rings. The van der Waals surface area contributed by atoms with Crippen LogP contribution in [0.2, 0.25) is 5.02 Å². The van der Waals surface area contributed by atoms with Gasteiger partial charge < -0.3 is 24.8 Å². The molecule has 3 heterocycles. The molecule has 34 heavy (non-hydrogen) atoms. The van der Waals surface area contributed by atoms with E-state index >= 15 is 0 Å². The van der Waals surface area contributed by atoms with E-state index < -0.39 is 12.1 Å². The molecular formula is C22H24ClF3N4O4. The quantitative estimate of drug-likeness (QED) is 0.454. The van der Waals surface area contributed by atoms with Crippen LogP contribution in [0.25, 0.3) is 22.5 Å². The van der Waals surface area contributed by atoms with Crippen LogP contribution in [0, 0.1) is 6.92 Å². The molecule has 0 radical (unpaired) electrons. The minimum atomic E-state index is -5.08. The Kier molecular flexibility index (Phi) is 7.88. The summed E-state index contributed by atoms with van der Waals surface area (Å²) in [7, 11) is 0. The van der Waals surface area contributed by atoms with E-state index in [-0.39, 0.29) is 5.75 Å². The second kappa shape index (κ2) is 10.5. The topological polar surface area (TPSA) is 112 Å². The number of carboxylic acids is 1. The summed E-state index contributed by atoms with van der Waals surface area (Å²) >= 11 is 6.00. The minimum Gasteiger partial charge on any atom is -0.507 e. The Labute approximate surface area is 198 Å². The Morgan fingerprint density at radius 2 is 2.03 bits per heavy atom. The van der Waals surface area contributed by atoms with Crippen molar-refractivity contribution in [2.45, 2.75) is 38.9 Å². The lowest BCUT2D eigenvalue weighted by molar-refractivity contribution is -0.192. The number of benzene rings is 1. The Hall–Kier alpha value is -3.05. The Morgan fingerprint density at radius 1 is 1.32 bits per heavy atom. The molecule has 1 aromatic carbocycles. The number of fused-ring (bicyclic) bond motifs is 1. The van der Waals surface area contributed by atoms with Gasteiger partial charge in [0.1, 0.15) is 5.75 Å².